The zero-order valence-electron chi connectivity index (χ0n) is 5.23. The maximum Gasteiger partial charge on any atom is 0.307 e. The quantitative estimate of drug-likeness (QED) is 0.484. The summed E-state index contributed by atoms with van der Waals surface area (Å²) in [5.41, 5.74) is -0.546. The van der Waals surface area contributed by atoms with Crippen molar-refractivity contribution in [3.05, 3.63) is 34.4 Å². The summed E-state index contributed by atoms with van der Waals surface area (Å²) in [6, 6.07) is 1.01. The summed E-state index contributed by atoms with van der Waals surface area (Å²) in [6.07, 6.45) is 1.97. The van der Waals surface area contributed by atoms with Crippen LogP contribution in [0.25, 0.3) is 0 Å². The number of halogens is 2. The fourth-order valence-corrected chi connectivity index (χ4v) is 0.516. The molecule has 0 atom stereocenters. The molecule has 0 aliphatic rings. The maximum atomic E-state index is 12.3. The summed E-state index contributed by atoms with van der Waals surface area (Å²) in [5, 5.41) is 9.96. The standard InChI is InChI=1S/C5H3FN2O2.ClH/c6-4-3-7-2-1-5(4)8(9)10;/h1-3H;1H. The Balaban J connectivity index is 0.000001000. The number of nitrogens with zero attached hydrogens (tertiary/aromatic N) is 2. The molecule has 0 aliphatic heterocycles. The van der Waals surface area contributed by atoms with Gasteiger partial charge in [-0.1, -0.05) is 0 Å². The molecule has 0 radical (unpaired) electrons. The molecule has 6 heteroatoms. The first-order valence-corrected chi connectivity index (χ1v) is 2.45. The summed E-state index contributed by atoms with van der Waals surface area (Å²) < 4.78 is 12.3. The van der Waals surface area contributed by atoms with E-state index in [1.165, 1.54) is 6.20 Å². The highest BCUT2D eigenvalue weighted by Crippen LogP contribution is 2.12. The van der Waals surface area contributed by atoms with Crippen LogP contribution in [0.3, 0.4) is 0 Å². The Bertz CT molecular complexity index is 268. The molecule has 0 saturated heterocycles. The lowest BCUT2D eigenvalue weighted by Crippen LogP contribution is -1.91. The van der Waals surface area contributed by atoms with E-state index in [1.54, 1.807) is 0 Å². The first kappa shape index (κ1) is 9.77. The van der Waals surface area contributed by atoms with Gasteiger partial charge in [-0.15, -0.1) is 12.4 Å². The number of hydrogen-bond acceptors (Lipinski definition) is 3. The monoisotopic (exact) mass is 178 g/mol. The van der Waals surface area contributed by atoms with Crippen LogP contribution in [-0.2, 0) is 0 Å². The van der Waals surface area contributed by atoms with Crippen molar-refractivity contribution in [3.63, 3.8) is 0 Å². The molecule has 0 bridgehead atoms. The number of hydrogen-bond donors (Lipinski definition) is 0. The lowest BCUT2D eigenvalue weighted by atomic mass is 10.4. The molecule has 0 aromatic carbocycles. The lowest BCUT2D eigenvalue weighted by molar-refractivity contribution is -0.387. The van der Waals surface area contributed by atoms with Crippen LogP contribution in [0, 0.1) is 15.9 Å². The molecule has 0 fully saturated rings. The predicted octanol–water partition coefficient (Wildman–Crippen LogP) is 1.55. The van der Waals surface area contributed by atoms with Crippen molar-refractivity contribution < 1.29 is 9.31 Å². The molecule has 0 saturated carbocycles. The Morgan fingerprint density at radius 1 is 1.64 bits per heavy atom. The SMILES string of the molecule is Cl.O=[N+]([O-])c1ccncc1F. The van der Waals surface area contributed by atoms with E-state index < -0.39 is 16.4 Å². The number of nitro groups is 1. The summed E-state index contributed by atoms with van der Waals surface area (Å²) in [7, 11) is 0. The third kappa shape index (κ3) is 2.12. The van der Waals surface area contributed by atoms with Crippen LogP contribution in [-0.4, -0.2) is 9.91 Å². The van der Waals surface area contributed by atoms with E-state index in [1.807, 2.05) is 0 Å². The molecule has 0 N–H and O–H groups in total. The van der Waals surface area contributed by atoms with Crippen molar-refractivity contribution in [2.75, 3.05) is 0 Å². The normalized spacial score (nSPS) is 8.45. The van der Waals surface area contributed by atoms with Crippen LogP contribution in [0.15, 0.2) is 18.5 Å². The van der Waals surface area contributed by atoms with Gasteiger partial charge in [0.15, 0.2) is 0 Å². The number of rotatable bonds is 1. The van der Waals surface area contributed by atoms with Crippen molar-refractivity contribution in [2.45, 2.75) is 0 Å². The molecule has 60 valence electrons. The third-order valence-electron chi connectivity index (χ3n) is 0.948. The Morgan fingerprint density at radius 3 is 2.64 bits per heavy atom. The van der Waals surface area contributed by atoms with Crippen LogP contribution in [0.2, 0.25) is 0 Å². The Labute approximate surface area is 67.6 Å². The van der Waals surface area contributed by atoms with Crippen molar-refractivity contribution in [3.8, 4) is 0 Å². The van der Waals surface area contributed by atoms with Crippen LogP contribution in [0.5, 0.6) is 0 Å². The minimum Gasteiger partial charge on any atom is -0.261 e. The van der Waals surface area contributed by atoms with Gasteiger partial charge in [-0.3, -0.25) is 15.1 Å². The molecular weight excluding hydrogens is 175 g/mol. The van der Waals surface area contributed by atoms with E-state index in [0.717, 1.165) is 12.3 Å². The molecule has 1 heterocycles. The minimum atomic E-state index is -0.910. The van der Waals surface area contributed by atoms with E-state index in [4.69, 9.17) is 0 Å². The first-order chi connectivity index (χ1) is 4.72. The largest absolute Gasteiger partial charge is 0.307 e. The third-order valence-corrected chi connectivity index (χ3v) is 0.948. The van der Waals surface area contributed by atoms with Gasteiger partial charge >= 0.3 is 5.69 Å². The van der Waals surface area contributed by atoms with E-state index in [0.29, 0.717) is 0 Å². The number of pyridine rings is 1. The Morgan fingerprint density at radius 2 is 2.27 bits per heavy atom. The summed E-state index contributed by atoms with van der Waals surface area (Å²) >= 11 is 0. The summed E-state index contributed by atoms with van der Waals surface area (Å²) in [6.45, 7) is 0. The van der Waals surface area contributed by atoms with Crippen molar-refractivity contribution in [1.29, 1.82) is 0 Å². The highest BCUT2D eigenvalue weighted by molar-refractivity contribution is 5.85. The highest BCUT2D eigenvalue weighted by Gasteiger charge is 2.10. The Kier molecular flexibility index (Phi) is 3.39. The van der Waals surface area contributed by atoms with E-state index in [-0.39, 0.29) is 12.4 Å². The summed E-state index contributed by atoms with van der Waals surface area (Å²) in [5.74, 6) is -0.910. The zero-order valence-corrected chi connectivity index (χ0v) is 6.05. The van der Waals surface area contributed by atoms with Crippen LogP contribution < -0.4 is 0 Å². The van der Waals surface area contributed by atoms with E-state index in [2.05, 4.69) is 4.98 Å². The molecule has 1 rings (SSSR count). The maximum absolute atomic E-state index is 12.3. The minimum absolute atomic E-state index is 0. The second-order valence-electron chi connectivity index (χ2n) is 1.58. The molecule has 1 aromatic heterocycles. The molecule has 0 amide bonds. The topological polar surface area (TPSA) is 56.0 Å². The average molecular weight is 179 g/mol. The second-order valence-corrected chi connectivity index (χ2v) is 1.58. The van der Waals surface area contributed by atoms with Crippen LogP contribution >= 0.6 is 12.4 Å². The highest BCUT2D eigenvalue weighted by atomic mass is 35.5. The molecule has 0 unspecified atom stereocenters. The van der Waals surface area contributed by atoms with Gasteiger partial charge in [0, 0.05) is 12.3 Å². The lowest BCUT2D eigenvalue weighted by Gasteiger charge is -1.88. The molecule has 4 nitrogen and oxygen atoms in total. The van der Waals surface area contributed by atoms with Gasteiger partial charge in [-0.25, -0.2) is 0 Å². The van der Waals surface area contributed by atoms with Crippen LogP contribution in [0.4, 0.5) is 10.1 Å². The Hall–Kier alpha value is -1.23. The smallest absolute Gasteiger partial charge is 0.261 e. The fourth-order valence-electron chi connectivity index (χ4n) is 0.516. The van der Waals surface area contributed by atoms with E-state index >= 15 is 0 Å². The van der Waals surface area contributed by atoms with Crippen molar-refractivity contribution in [2.24, 2.45) is 0 Å². The zero-order chi connectivity index (χ0) is 7.56. The average Bonchev–Trinajstić information content (AvgIpc) is 1.88. The molecule has 11 heavy (non-hydrogen) atoms. The van der Waals surface area contributed by atoms with Gasteiger partial charge < -0.3 is 0 Å². The van der Waals surface area contributed by atoms with Crippen molar-refractivity contribution >= 4 is 18.1 Å². The van der Waals surface area contributed by atoms with Gasteiger partial charge in [0.05, 0.1) is 11.1 Å². The van der Waals surface area contributed by atoms with Gasteiger partial charge in [0.2, 0.25) is 5.82 Å². The van der Waals surface area contributed by atoms with Gasteiger partial charge in [0.1, 0.15) is 0 Å². The predicted molar refractivity (Wildman–Crippen MR) is 38.1 cm³/mol. The molecular formula is C5H4ClFN2O2. The number of aromatic nitrogens is 1. The van der Waals surface area contributed by atoms with Crippen LogP contribution in [0.1, 0.15) is 0 Å². The van der Waals surface area contributed by atoms with Gasteiger partial charge in [-0.2, -0.15) is 4.39 Å². The molecule has 1 aromatic rings. The first-order valence-electron chi connectivity index (χ1n) is 2.45. The van der Waals surface area contributed by atoms with E-state index in [9.17, 15) is 14.5 Å². The molecule has 0 spiro atoms. The van der Waals surface area contributed by atoms with Crippen molar-refractivity contribution in [1.82, 2.24) is 4.98 Å². The second kappa shape index (κ2) is 3.82. The van der Waals surface area contributed by atoms with Gasteiger partial charge in [0.25, 0.3) is 0 Å². The molecule has 0 aliphatic carbocycles. The fraction of sp³-hybridized carbons (Fsp3) is 0. The van der Waals surface area contributed by atoms with Gasteiger partial charge in [-0.05, 0) is 0 Å². The summed E-state index contributed by atoms with van der Waals surface area (Å²) in [4.78, 5) is 12.5.